The number of nitrogens with two attached hydrogens (primary N) is 1. The zero-order valence-electron chi connectivity index (χ0n) is 10.2. The standard InChI is InChI=1S/C14H22FN/c1-3-12(4-2)13(10-16)8-11-6-5-7-14(15)9-11/h5-7,9,12-13H,3-4,8,10,16H2,1-2H3. The highest BCUT2D eigenvalue weighted by molar-refractivity contribution is 5.17. The van der Waals surface area contributed by atoms with E-state index in [1.165, 1.54) is 6.07 Å². The van der Waals surface area contributed by atoms with Crippen molar-refractivity contribution < 1.29 is 4.39 Å². The van der Waals surface area contributed by atoms with Crippen molar-refractivity contribution >= 4 is 0 Å². The maximum atomic E-state index is 13.1. The molecular weight excluding hydrogens is 201 g/mol. The van der Waals surface area contributed by atoms with Gasteiger partial charge in [0.2, 0.25) is 0 Å². The summed E-state index contributed by atoms with van der Waals surface area (Å²) in [6.45, 7) is 5.08. The SMILES string of the molecule is CCC(CC)C(CN)Cc1cccc(F)c1. The van der Waals surface area contributed by atoms with Gasteiger partial charge >= 0.3 is 0 Å². The van der Waals surface area contributed by atoms with Crippen LogP contribution >= 0.6 is 0 Å². The number of halogens is 1. The molecule has 16 heavy (non-hydrogen) atoms. The summed E-state index contributed by atoms with van der Waals surface area (Å²) in [5.41, 5.74) is 6.87. The van der Waals surface area contributed by atoms with Crippen molar-refractivity contribution in [2.45, 2.75) is 33.1 Å². The maximum Gasteiger partial charge on any atom is 0.123 e. The average molecular weight is 223 g/mol. The van der Waals surface area contributed by atoms with Crippen LogP contribution in [0.2, 0.25) is 0 Å². The molecule has 0 aliphatic rings. The molecule has 0 radical (unpaired) electrons. The smallest absolute Gasteiger partial charge is 0.123 e. The first kappa shape index (κ1) is 13.2. The van der Waals surface area contributed by atoms with Crippen LogP contribution in [0.3, 0.4) is 0 Å². The van der Waals surface area contributed by atoms with Gasteiger partial charge in [-0.2, -0.15) is 0 Å². The number of rotatable bonds is 6. The maximum absolute atomic E-state index is 13.1. The van der Waals surface area contributed by atoms with Gasteiger partial charge in [-0.05, 0) is 42.5 Å². The van der Waals surface area contributed by atoms with Gasteiger partial charge in [0.15, 0.2) is 0 Å². The predicted molar refractivity (Wildman–Crippen MR) is 66.7 cm³/mol. The van der Waals surface area contributed by atoms with Gasteiger partial charge in [0.05, 0.1) is 0 Å². The van der Waals surface area contributed by atoms with Crippen LogP contribution in [0.15, 0.2) is 24.3 Å². The Hall–Kier alpha value is -0.890. The monoisotopic (exact) mass is 223 g/mol. The topological polar surface area (TPSA) is 26.0 Å². The van der Waals surface area contributed by atoms with Crippen molar-refractivity contribution in [3.63, 3.8) is 0 Å². The quantitative estimate of drug-likeness (QED) is 0.786. The summed E-state index contributed by atoms with van der Waals surface area (Å²) in [7, 11) is 0. The molecule has 1 nitrogen and oxygen atoms in total. The second-order valence-electron chi connectivity index (χ2n) is 4.41. The third-order valence-corrected chi connectivity index (χ3v) is 3.41. The Morgan fingerprint density at radius 3 is 2.38 bits per heavy atom. The molecule has 1 rings (SSSR count). The van der Waals surface area contributed by atoms with Crippen molar-refractivity contribution in [3.8, 4) is 0 Å². The van der Waals surface area contributed by atoms with E-state index < -0.39 is 0 Å². The first-order valence-electron chi connectivity index (χ1n) is 6.15. The van der Waals surface area contributed by atoms with E-state index in [0.717, 1.165) is 24.8 Å². The molecule has 0 aliphatic carbocycles. The Kier molecular flexibility index (Phi) is 5.47. The van der Waals surface area contributed by atoms with Gasteiger partial charge in [0.1, 0.15) is 5.82 Å². The van der Waals surface area contributed by atoms with Crippen molar-refractivity contribution in [2.75, 3.05) is 6.54 Å². The molecule has 0 saturated heterocycles. The van der Waals surface area contributed by atoms with E-state index in [4.69, 9.17) is 5.73 Å². The van der Waals surface area contributed by atoms with Gasteiger partial charge in [0.25, 0.3) is 0 Å². The molecule has 1 aromatic carbocycles. The van der Waals surface area contributed by atoms with E-state index in [1.54, 1.807) is 12.1 Å². The molecule has 0 aromatic heterocycles. The van der Waals surface area contributed by atoms with Crippen LogP contribution in [0.5, 0.6) is 0 Å². The second kappa shape index (κ2) is 6.64. The summed E-state index contributed by atoms with van der Waals surface area (Å²) in [6.07, 6.45) is 3.18. The molecule has 1 unspecified atom stereocenters. The summed E-state index contributed by atoms with van der Waals surface area (Å²) in [5.74, 6) is 0.961. The summed E-state index contributed by atoms with van der Waals surface area (Å²) in [6, 6.07) is 6.85. The first-order chi connectivity index (χ1) is 7.71. The fourth-order valence-electron chi connectivity index (χ4n) is 2.36. The zero-order valence-corrected chi connectivity index (χ0v) is 10.2. The highest BCUT2D eigenvalue weighted by Gasteiger charge is 2.17. The minimum atomic E-state index is -0.155. The van der Waals surface area contributed by atoms with Gasteiger partial charge in [-0.15, -0.1) is 0 Å². The normalized spacial score (nSPS) is 13.1. The average Bonchev–Trinajstić information content (AvgIpc) is 2.29. The van der Waals surface area contributed by atoms with Crippen molar-refractivity contribution in [2.24, 2.45) is 17.6 Å². The lowest BCUT2D eigenvalue weighted by Gasteiger charge is -2.23. The molecule has 0 amide bonds. The van der Waals surface area contributed by atoms with Gasteiger partial charge in [-0.25, -0.2) is 4.39 Å². The third-order valence-electron chi connectivity index (χ3n) is 3.41. The Labute approximate surface area is 97.9 Å². The summed E-state index contributed by atoms with van der Waals surface area (Å²) in [4.78, 5) is 0. The minimum Gasteiger partial charge on any atom is -0.330 e. The molecule has 1 aromatic rings. The van der Waals surface area contributed by atoms with Crippen LogP contribution in [-0.2, 0) is 6.42 Å². The zero-order chi connectivity index (χ0) is 12.0. The Balaban J connectivity index is 2.69. The summed E-state index contributed by atoms with van der Waals surface area (Å²) < 4.78 is 13.1. The van der Waals surface area contributed by atoms with Crippen LogP contribution in [-0.4, -0.2) is 6.54 Å². The largest absolute Gasteiger partial charge is 0.330 e. The lowest BCUT2D eigenvalue weighted by molar-refractivity contribution is 0.317. The van der Waals surface area contributed by atoms with Crippen LogP contribution in [0.4, 0.5) is 4.39 Å². The van der Waals surface area contributed by atoms with Gasteiger partial charge in [-0.1, -0.05) is 38.8 Å². The Morgan fingerprint density at radius 2 is 1.88 bits per heavy atom. The minimum absolute atomic E-state index is 0.155. The molecule has 0 saturated carbocycles. The Morgan fingerprint density at radius 1 is 1.19 bits per heavy atom. The molecule has 2 N–H and O–H groups in total. The molecule has 2 heteroatoms. The van der Waals surface area contributed by atoms with E-state index in [1.807, 2.05) is 6.07 Å². The molecule has 0 bridgehead atoms. The molecular formula is C14H22FN. The van der Waals surface area contributed by atoms with Gasteiger partial charge in [0, 0.05) is 0 Å². The van der Waals surface area contributed by atoms with E-state index >= 15 is 0 Å². The second-order valence-corrected chi connectivity index (χ2v) is 4.41. The number of hydrogen-bond acceptors (Lipinski definition) is 1. The van der Waals surface area contributed by atoms with Crippen molar-refractivity contribution in [3.05, 3.63) is 35.6 Å². The van der Waals surface area contributed by atoms with Crippen LogP contribution < -0.4 is 5.73 Å². The molecule has 1 atom stereocenters. The van der Waals surface area contributed by atoms with Crippen molar-refractivity contribution in [1.29, 1.82) is 0 Å². The first-order valence-corrected chi connectivity index (χ1v) is 6.15. The number of benzene rings is 1. The fraction of sp³-hybridized carbons (Fsp3) is 0.571. The van der Waals surface area contributed by atoms with Gasteiger partial charge in [-0.3, -0.25) is 0 Å². The lowest BCUT2D eigenvalue weighted by atomic mass is 9.83. The fourth-order valence-corrected chi connectivity index (χ4v) is 2.36. The van der Waals surface area contributed by atoms with Crippen LogP contribution in [0.1, 0.15) is 32.3 Å². The van der Waals surface area contributed by atoms with Gasteiger partial charge < -0.3 is 5.73 Å². The van der Waals surface area contributed by atoms with E-state index in [2.05, 4.69) is 13.8 Å². The van der Waals surface area contributed by atoms with E-state index in [-0.39, 0.29) is 5.82 Å². The van der Waals surface area contributed by atoms with E-state index in [9.17, 15) is 4.39 Å². The highest BCUT2D eigenvalue weighted by Crippen LogP contribution is 2.23. The Bertz CT molecular complexity index is 307. The predicted octanol–water partition coefficient (Wildman–Crippen LogP) is 3.38. The van der Waals surface area contributed by atoms with Crippen LogP contribution in [0.25, 0.3) is 0 Å². The lowest BCUT2D eigenvalue weighted by Crippen LogP contribution is -2.25. The molecule has 0 heterocycles. The highest BCUT2D eigenvalue weighted by atomic mass is 19.1. The third kappa shape index (κ3) is 3.60. The molecule has 0 aliphatic heterocycles. The molecule has 0 spiro atoms. The van der Waals surface area contributed by atoms with E-state index in [0.29, 0.717) is 18.4 Å². The molecule has 0 fully saturated rings. The summed E-state index contributed by atoms with van der Waals surface area (Å²) in [5, 5.41) is 0. The molecule has 90 valence electrons. The number of hydrogen-bond donors (Lipinski definition) is 1. The van der Waals surface area contributed by atoms with Crippen LogP contribution in [0, 0.1) is 17.7 Å². The summed E-state index contributed by atoms with van der Waals surface area (Å²) >= 11 is 0. The van der Waals surface area contributed by atoms with Crippen molar-refractivity contribution in [1.82, 2.24) is 0 Å².